The number of benzene rings is 3. The van der Waals surface area contributed by atoms with Gasteiger partial charge in [0.15, 0.2) is 11.5 Å². The minimum atomic E-state index is -0.115. The lowest BCUT2D eigenvalue weighted by molar-refractivity contribution is 0.0648. The van der Waals surface area contributed by atoms with Gasteiger partial charge in [-0.2, -0.15) is 0 Å². The number of furan rings is 2. The fourth-order valence-corrected chi connectivity index (χ4v) is 6.57. The molecule has 2 aliphatic rings. The third-order valence-corrected chi connectivity index (χ3v) is 9.21. The molecule has 2 atom stereocenters. The second kappa shape index (κ2) is 15.5. The first-order chi connectivity index (χ1) is 26.1. The molecule has 0 saturated heterocycles. The number of rotatable bonds is 10. The van der Waals surface area contributed by atoms with Crippen LogP contribution in [0.5, 0.6) is 5.75 Å². The van der Waals surface area contributed by atoms with Crippen molar-refractivity contribution in [2.75, 3.05) is 18.2 Å². The topological polar surface area (TPSA) is 144 Å². The number of ether oxygens (including phenoxy) is 3. The van der Waals surface area contributed by atoms with Gasteiger partial charge < -0.3 is 34.1 Å². The molecule has 0 unspecified atom stereocenters. The maximum atomic E-state index is 6.12. The molecule has 0 amide bonds. The Morgan fingerprint density at radius 1 is 0.623 bits per heavy atom. The van der Waals surface area contributed by atoms with Gasteiger partial charge in [0.05, 0.1) is 44.2 Å². The highest BCUT2D eigenvalue weighted by atomic mass is 16.5. The van der Waals surface area contributed by atoms with Gasteiger partial charge in [-0.15, -0.1) is 0 Å². The van der Waals surface area contributed by atoms with E-state index in [0.29, 0.717) is 31.5 Å². The zero-order chi connectivity index (χ0) is 36.0. The van der Waals surface area contributed by atoms with Crippen molar-refractivity contribution in [1.29, 1.82) is 0 Å². The summed E-state index contributed by atoms with van der Waals surface area (Å²) in [5.74, 6) is 3.04. The smallest absolute Gasteiger partial charge is 0.223 e. The van der Waals surface area contributed by atoms with Crippen LogP contribution >= 0.6 is 0 Å². The van der Waals surface area contributed by atoms with Crippen molar-refractivity contribution in [1.82, 2.24) is 19.9 Å². The summed E-state index contributed by atoms with van der Waals surface area (Å²) in [6, 6.07) is 35.9. The van der Waals surface area contributed by atoms with Gasteiger partial charge in [-0.05, 0) is 53.1 Å². The lowest BCUT2D eigenvalue weighted by atomic mass is 10.0. The standard InChI is InChI=1S/C25H23N3O3.C17H15N3O2/c1-29-19-11-9-18(10-12-19)15-26-25-27-23(21-8-5-13-30-21)20-16-31-22(24(20)28-25)14-17-6-3-2-4-7-17;18-17-19-15(13-7-4-8-21-13)12-10-22-14(16(12)20-17)9-11-5-2-1-3-6-11/h2-13,22H,14-16H2,1H3,(H,26,27,28);1-8,14H,9-10H2,(H2,18,19,20)/t22-;14-/m11/s1. The van der Waals surface area contributed by atoms with E-state index in [-0.39, 0.29) is 18.2 Å². The minimum absolute atomic E-state index is 0.101. The number of anilines is 2. The van der Waals surface area contributed by atoms with Crippen molar-refractivity contribution in [3.05, 3.63) is 161 Å². The van der Waals surface area contributed by atoms with Crippen LogP contribution < -0.4 is 15.8 Å². The van der Waals surface area contributed by atoms with E-state index in [0.717, 1.165) is 63.8 Å². The van der Waals surface area contributed by atoms with E-state index in [4.69, 9.17) is 38.7 Å². The molecule has 0 bridgehead atoms. The Labute approximate surface area is 306 Å². The summed E-state index contributed by atoms with van der Waals surface area (Å²) in [6.45, 7) is 1.55. The number of hydrogen-bond donors (Lipinski definition) is 2. The van der Waals surface area contributed by atoms with Crippen molar-refractivity contribution in [2.24, 2.45) is 0 Å². The average Bonchev–Trinajstić information content (AvgIpc) is 4.04. The van der Waals surface area contributed by atoms with Gasteiger partial charge in [-0.25, -0.2) is 19.9 Å². The highest BCUT2D eigenvalue weighted by molar-refractivity contribution is 5.62. The molecule has 11 nitrogen and oxygen atoms in total. The number of nitrogens with one attached hydrogen (secondary N) is 1. The average molecular weight is 707 g/mol. The molecule has 4 aromatic heterocycles. The molecule has 3 aromatic carbocycles. The molecule has 11 heteroatoms. The van der Waals surface area contributed by atoms with Gasteiger partial charge in [0.1, 0.15) is 29.3 Å². The molecule has 0 aliphatic carbocycles. The molecule has 3 N–H and O–H groups in total. The van der Waals surface area contributed by atoms with Crippen LogP contribution in [0.3, 0.4) is 0 Å². The first-order valence-corrected chi connectivity index (χ1v) is 17.4. The molecule has 0 radical (unpaired) electrons. The summed E-state index contributed by atoms with van der Waals surface area (Å²) >= 11 is 0. The van der Waals surface area contributed by atoms with Crippen molar-refractivity contribution in [2.45, 2.75) is 44.8 Å². The molecule has 266 valence electrons. The number of aromatic nitrogens is 4. The SMILES string of the molecule is COc1ccc(CNc2nc(-c3ccco3)c3c(n2)[C@@H](Cc2ccccc2)OC3)cc1.Nc1nc(-c2ccco2)c2c(n1)[C@@H](Cc1ccccc1)OC2. The molecule has 0 fully saturated rings. The van der Waals surface area contributed by atoms with E-state index in [9.17, 15) is 0 Å². The summed E-state index contributed by atoms with van der Waals surface area (Å²) in [4.78, 5) is 18.3. The van der Waals surface area contributed by atoms with Crippen LogP contribution in [0.4, 0.5) is 11.9 Å². The van der Waals surface area contributed by atoms with Gasteiger partial charge in [0, 0.05) is 30.5 Å². The first-order valence-electron chi connectivity index (χ1n) is 17.4. The van der Waals surface area contributed by atoms with E-state index in [1.54, 1.807) is 19.6 Å². The second-order valence-corrected chi connectivity index (χ2v) is 12.7. The van der Waals surface area contributed by atoms with Crippen LogP contribution in [0.1, 0.15) is 51.4 Å². The van der Waals surface area contributed by atoms with Gasteiger partial charge in [0.2, 0.25) is 11.9 Å². The van der Waals surface area contributed by atoms with Crippen LogP contribution in [-0.2, 0) is 42.1 Å². The zero-order valence-electron chi connectivity index (χ0n) is 29.1. The zero-order valence-corrected chi connectivity index (χ0v) is 29.1. The Morgan fingerprint density at radius 3 is 1.70 bits per heavy atom. The van der Waals surface area contributed by atoms with Gasteiger partial charge in [-0.1, -0.05) is 72.8 Å². The van der Waals surface area contributed by atoms with E-state index in [1.807, 2.05) is 84.9 Å². The molecule has 0 spiro atoms. The van der Waals surface area contributed by atoms with Crippen molar-refractivity contribution in [3.63, 3.8) is 0 Å². The van der Waals surface area contributed by atoms with Gasteiger partial charge in [0.25, 0.3) is 0 Å². The summed E-state index contributed by atoms with van der Waals surface area (Å²) in [5.41, 5.74) is 14.6. The number of methoxy groups -OCH3 is 1. The fourth-order valence-electron chi connectivity index (χ4n) is 6.57. The lowest BCUT2D eigenvalue weighted by Crippen LogP contribution is -2.09. The third kappa shape index (κ3) is 7.67. The predicted molar refractivity (Wildman–Crippen MR) is 200 cm³/mol. The minimum Gasteiger partial charge on any atom is -0.497 e. The Bertz CT molecular complexity index is 2250. The first kappa shape index (κ1) is 33.8. The summed E-state index contributed by atoms with van der Waals surface area (Å²) in [6.07, 6.45) is 4.59. The lowest BCUT2D eigenvalue weighted by Gasteiger charge is -2.13. The molecular formula is C42H38N6O5. The van der Waals surface area contributed by atoms with E-state index in [1.165, 1.54) is 11.1 Å². The Hall–Kier alpha value is -6.30. The number of nitrogens with two attached hydrogens (primary N) is 1. The van der Waals surface area contributed by atoms with Gasteiger partial charge in [-0.3, -0.25) is 0 Å². The van der Waals surface area contributed by atoms with Crippen molar-refractivity contribution in [3.8, 4) is 28.7 Å². The fraction of sp³-hybridized carbons (Fsp3) is 0.190. The molecule has 0 saturated carbocycles. The number of nitrogen functional groups attached to an aromatic ring is 1. The summed E-state index contributed by atoms with van der Waals surface area (Å²) in [5, 5.41) is 3.35. The van der Waals surface area contributed by atoms with E-state index in [2.05, 4.69) is 39.6 Å². The molecule has 9 rings (SSSR count). The molecule has 7 aromatic rings. The summed E-state index contributed by atoms with van der Waals surface area (Å²) in [7, 11) is 1.66. The quantitative estimate of drug-likeness (QED) is 0.142. The van der Waals surface area contributed by atoms with E-state index < -0.39 is 0 Å². The largest absolute Gasteiger partial charge is 0.497 e. The second-order valence-electron chi connectivity index (χ2n) is 12.7. The Kier molecular flexibility index (Phi) is 9.91. The number of nitrogens with zero attached hydrogens (tertiary/aromatic N) is 4. The van der Waals surface area contributed by atoms with Crippen LogP contribution in [0.25, 0.3) is 22.9 Å². The highest BCUT2D eigenvalue weighted by Gasteiger charge is 2.31. The van der Waals surface area contributed by atoms with Crippen LogP contribution in [0.2, 0.25) is 0 Å². The molecule has 53 heavy (non-hydrogen) atoms. The van der Waals surface area contributed by atoms with Gasteiger partial charge >= 0.3 is 0 Å². The third-order valence-electron chi connectivity index (χ3n) is 9.21. The van der Waals surface area contributed by atoms with Crippen LogP contribution in [-0.4, -0.2) is 27.0 Å². The molecule has 2 aliphatic heterocycles. The van der Waals surface area contributed by atoms with Crippen LogP contribution in [0, 0.1) is 0 Å². The Morgan fingerprint density at radius 2 is 1.17 bits per heavy atom. The summed E-state index contributed by atoms with van der Waals surface area (Å²) < 4.78 is 28.4. The predicted octanol–water partition coefficient (Wildman–Crippen LogP) is 8.30. The number of hydrogen-bond acceptors (Lipinski definition) is 11. The monoisotopic (exact) mass is 706 g/mol. The normalized spacial score (nSPS) is 15.6. The molecule has 6 heterocycles. The number of fused-ring (bicyclic) bond motifs is 2. The van der Waals surface area contributed by atoms with Crippen LogP contribution in [0.15, 0.2) is 131 Å². The van der Waals surface area contributed by atoms with Crippen molar-refractivity contribution >= 4 is 11.9 Å². The highest BCUT2D eigenvalue weighted by Crippen LogP contribution is 2.39. The molecular weight excluding hydrogens is 668 g/mol. The Balaban J connectivity index is 0.000000160. The van der Waals surface area contributed by atoms with E-state index >= 15 is 0 Å². The maximum Gasteiger partial charge on any atom is 0.223 e. The van der Waals surface area contributed by atoms with Crippen molar-refractivity contribution < 1.29 is 23.0 Å². The maximum absolute atomic E-state index is 6.12.